The molecular weight excluding hydrogens is 502 g/mol. The lowest BCUT2D eigenvalue weighted by Gasteiger charge is -2.33. The fourth-order valence-corrected chi connectivity index (χ4v) is 4.58. The molecule has 0 radical (unpaired) electrons. The highest BCUT2D eigenvalue weighted by molar-refractivity contribution is 5.96. The summed E-state index contributed by atoms with van der Waals surface area (Å²) in [6.45, 7) is 2.99. The second-order valence-electron chi connectivity index (χ2n) is 9.55. The molecule has 11 heteroatoms. The van der Waals surface area contributed by atoms with Gasteiger partial charge in [0, 0.05) is 37.5 Å². The second-order valence-corrected chi connectivity index (χ2v) is 9.55. The third kappa shape index (κ3) is 7.64. The number of aromatic nitrogens is 3. The molecule has 0 spiro atoms. The topological polar surface area (TPSA) is 158 Å². The number of carboxylic acids is 1. The number of rotatable bonds is 11. The molecule has 3 heterocycles. The lowest BCUT2D eigenvalue weighted by Crippen LogP contribution is -2.34. The molecule has 1 fully saturated rings. The Morgan fingerprint density at radius 3 is 2.44 bits per heavy atom. The molecule has 0 atom stereocenters. The second kappa shape index (κ2) is 13.0. The van der Waals surface area contributed by atoms with Crippen LogP contribution in [-0.2, 0) is 17.6 Å². The summed E-state index contributed by atoms with van der Waals surface area (Å²) in [5, 5.41) is 30.1. The average Bonchev–Trinajstić information content (AvgIpc) is 2.94. The Hall–Kier alpha value is -4.25. The van der Waals surface area contributed by atoms with E-state index >= 15 is 0 Å². The van der Waals surface area contributed by atoms with Crippen LogP contribution >= 0.6 is 0 Å². The number of carbonyl (C=O) groups is 2. The van der Waals surface area contributed by atoms with E-state index in [1.807, 2.05) is 12.1 Å². The summed E-state index contributed by atoms with van der Waals surface area (Å²) < 4.78 is 5.31. The molecule has 1 aliphatic rings. The van der Waals surface area contributed by atoms with Crippen molar-refractivity contribution in [2.24, 2.45) is 5.92 Å². The molecule has 0 aliphatic carbocycles. The van der Waals surface area contributed by atoms with Crippen LogP contribution in [0, 0.1) is 12.8 Å². The first-order chi connectivity index (χ1) is 18.8. The molecule has 0 unspecified atom stereocenters. The number of aliphatic hydroxyl groups excluding tert-OH is 1. The first-order valence-electron chi connectivity index (χ1n) is 12.9. The van der Waals surface area contributed by atoms with Crippen molar-refractivity contribution in [2.75, 3.05) is 37.7 Å². The van der Waals surface area contributed by atoms with Gasteiger partial charge < -0.3 is 30.3 Å². The van der Waals surface area contributed by atoms with E-state index in [4.69, 9.17) is 14.9 Å². The van der Waals surface area contributed by atoms with Gasteiger partial charge in [0.2, 0.25) is 5.88 Å². The molecule has 1 aliphatic heterocycles. The van der Waals surface area contributed by atoms with E-state index in [1.54, 1.807) is 13.1 Å². The van der Waals surface area contributed by atoms with Crippen molar-refractivity contribution in [3.05, 3.63) is 70.9 Å². The van der Waals surface area contributed by atoms with Gasteiger partial charge in [0.05, 0.1) is 12.3 Å². The van der Waals surface area contributed by atoms with E-state index < -0.39 is 18.4 Å². The molecule has 11 nitrogen and oxygen atoms in total. The maximum Gasteiger partial charge on any atom is 0.322 e. The summed E-state index contributed by atoms with van der Waals surface area (Å²) in [6.07, 6.45) is 4.99. The van der Waals surface area contributed by atoms with Gasteiger partial charge in [-0.25, -0.2) is 15.0 Å². The standard InChI is InChI=1S/C28H33N5O6/c1-18-27(37)26(28(38)30-17-25(35)36)32-23(31-18)15-20-8-10-33(11-9-20)22-5-2-19(3-6-22)14-21-4-7-24(29-16-21)39-13-12-34/h2-7,16,20,34,37H,8-15,17H2,1H3,(H,30,38)(H,35,36). The van der Waals surface area contributed by atoms with Crippen LogP contribution in [0.3, 0.4) is 0 Å². The van der Waals surface area contributed by atoms with E-state index in [9.17, 15) is 14.7 Å². The number of aryl methyl sites for hydroxylation is 1. The number of nitrogens with one attached hydrogen (secondary N) is 1. The molecule has 3 aromatic rings. The molecule has 4 N–H and O–H groups in total. The number of ether oxygens (including phenoxy) is 1. The van der Waals surface area contributed by atoms with E-state index in [0.717, 1.165) is 43.6 Å². The van der Waals surface area contributed by atoms with Crippen LogP contribution in [0.5, 0.6) is 11.6 Å². The molecule has 1 saturated heterocycles. The number of piperidine rings is 1. The molecule has 2 aromatic heterocycles. The number of hydrogen-bond acceptors (Lipinski definition) is 9. The Balaban J connectivity index is 1.30. The van der Waals surface area contributed by atoms with Crippen molar-refractivity contribution in [2.45, 2.75) is 32.6 Å². The molecule has 39 heavy (non-hydrogen) atoms. The van der Waals surface area contributed by atoms with Crippen LogP contribution in [-0.4, -0.2) is 75.0 Å². The largest absolute Gasteiger partial charge is 0.504 e. The number of benzene rings is 1. The molecule has 0 bridgehead atoms. The molecule has 1 amide bonds. The number of pyridine rings is 1. The summed E-state index contributed by atoms with van der Waals surface area (Å²) in [4.78, 5) is 38.3. The van der Waals surface area contributed by atoms with E-state index in [-0.39, 0.29) is 24.7 Å². The van der Waals surface area contributed by atoms with Crippen LogP contribution < -0.4 is 15.0 Å². The zero-order valence-electron chi connectivity index (χ0n) is 21.8. The van der Waals surface area contributed by atoms with Crippen LogP contribution in [0.25, 0.3) is 0 Å². The highest BCUT2D eigenvalue weighted by Gasteiger charge is 2.23. The Kier molecular flexibility index (Phi) is 9.27. The van der Waals surface area contributed by atoms with Crippen molar-refractivity contribution in [1.29, 1.82) is 0 Å². The van der Waals surface area contributed by atoms with Crippen molar-refractivity contribution in [3.8, 4) is 11.6 Å². The SMILES string of the molecule is Cc1nc(CC2CCN(c3ccc(Cc4ccc(OCCO)nc4)cc3)CC2)nc(C(=O)NCC(=O)O)c1O. The van der Waals surface area contributed by atoms with Crippen LogP contribution in [0.1, 0.15) is 46.0 Å². The lowest BCUT2D eigenvalue weighted by molar-refractivity contribution is -0.135. The third-order valence-electron chi connectivity index (χ3n) is 6.65. The highest BCUT2D eigenvalue weighted by atomic mass is 16.5. The predicted octanol–water partition coefficient (Wildman–Crippen LogP) is 2.12. The minimum atomic E-state index is -1.18. The van der Waals surface area contributed by atoms with Crippen molar-refractivity contribution >= 4 is 17.6 Å². The van der Waals surface area contributed by atoms with Crippen molar-refractivity contribution in [1.82, 2.24) is 20.3 Å². The summed E-state index contributed by atoms with van der Waals surface area (Å²) in [5.41, 5.74) is 3.52. The maximum atomic E-state index is 12.3. The van der Waals surface area contributed by atoms with Crippen molar-refractivity contribution < 1.29 is 29.6 Å². The third-order valence-corrected chi connectivity index (χ3v) is 6.65. The lowest BCUT2D eigenvalue weighted by atomic mass is 9.92. The highest BCUT2D eigenvalue weighted by Crippen LogP contribution is 2.27. The monoisotopic (exact) mass is 535 g/mol. The van der Waals surface area contributed by atoms with Crippen LogP contribution in [0.4, 0.5) is 5.69 Å². The quantitative estimate of drug-likeness (QED) is 0.287. The maximum absolute atomic E-state index is 12.3. The number of amides is 1. The van der Waals surface area contributed by atoms with E-state index in [0.29, 0.717) is 29.7 Å². The van der Waals surface area contributed by atoms with Crippen LogP contribution in [0.15, 0.2) is 42.6 Å². The van der Waals surface area contributed by atoms with Gasteiger partial charge in [0.1, 0.15) is 19.0 Å². The molecular formula is C28H33N5O6. The zero-order chi connectivity index (χ0) is 27.8. The minimum Gasteiger partial charge on any atom is -0.504 e. The molecule has 0 saturated carbocycles. The number of carboxylic acid groups (broad SMARTS) is 1. The normalized spacial score (nSPS) is 13.7. The first kappa shape index (κ1) is 27.8. The molecule has 1 aromatic carbocycles. The number of aliphatic hydroxyl groups is 1. The number of aromatic hydroxyl groups is 1. The Labute approximate surface area is 226 Å². The Bertz CT molecular complexity index is 1270. The number of aliphatic carboxylic acids is 1. The van der Waals surface area contributed by atoms with Gasteiger partial charge in [-0.1, -0.05) is 18.2 Å². The van der Waals surface area contributed by atoms with Crippen molar-refractivity contribution in [3.63, 3.8) is 0 Å². The van der Waals surface area contributed by atoms with Gasteiger partial charge in [-0.15, -0.1) is 0 Å². The zero-order valence-corrected chi connectivity index (χ0v) is 21.8. The smallest absolute Gasteiger partial charge is 0.322 e. The summed E-state index contributed by atoms with van der Waals surface area (Å²) in [5.74, 6) is -0.947. The summed E-state index contributed by atoms with van der Waals surface area (Å²) in [7, 11) is 0. The fourth-order valence-electron chi connectivity index (χ4n) is 4.58. The number of hydrogen-bond donors (Lipinski definition) is 4. The number of anilines is 1. The molecule has 206 valence electrons. The predicted molar refractivity (Wildman–Crippen MR) is 143 cm³/mol. The van der Waals surface area contributed by atoms with Gasteiger partial charge >= 0.3 is 5.97 Å². The van der Waals surface area contributed by atoms with Gasteiger partial charge in [-0.2, -0.15) is 0 Å². The molecule has 4 rings (SSSR count). The van der Waals surface area contributed by atoms with Gasteiger partial charge in [0.25, 0.3) is 5.91 Å². The van der Waals surface area contributed by atoms with Crippen LogP contribution in [0.2, 0.25) is 0 Å². The van der Waals surface area contributed by atoms with Gasteiger partial charge in [-0.3, -0.25) is 9.59 Å². The number of carbonyl (C=O) groups excluding carboxylic acids is 1. The van der Waals surface area contributed by atoms with Gasteiger partial charge in [0.15, 0.2) is 11.4 Å². The fraction of sp³-hybridized carbons (Fsp3) is 0.393. The first-order valence-corrected chi connectivity index (χ1v) is 12.9. The van der Waals surface area contributed by atoms with Gasteiger partial charge in [-0.05, 0) is 55.4 Å². The summed E-state index contributed by atoms with van der Waals surface area (Å²) in [6, 6.07) is 12.3. The summed E-state index contributed by atoms with van der Waals surface area (Å²) >= 11 is 0. The van der Waals surface area contributed by atoms with E-state index in [2.05, 4.69) is 49.4 Å². The van der Waals surface area contributed by atoms with E-state index in [1.165, 1.54) is 5.56 Å². The minimum absolute atomic E-state index is 0.0432. The Morgan fingerprint density at radius 1 is 1.08 bits per heavy atom. The Morgan fingerprint density at radius 2 is 1.79 bits per heavy atom. The number of nitrogens with zero attached hydrogens (tertiary/aromatic N) is 4. The average molecular weight is 536 g/mol.